The van der Waals surface area contributed by atoms with E-state index in [1.54, 1.807) is 7.11 Å². The van der Waals surface area contributed by atoms with Gasteiger partial charge in [0.2, 0.25) is 0 Å². The van der Waals surface area contributed by atoms with E-state index in [2.05, 4.69) is 10.2 Å². The average molecular weight is 370 g/mol. The molecule has 2 fully saturated rings. The van der Waals surface area contributed by atoms with E-state index in [4.69, 9.17) is 9.47 Å². The van der Waals surface area contributed by atoms with Crippen LogP contribution in [0.25, 0.3) is 10.8 Å². The van der Waals surface area contributed by atoms with Crippen molar-refractivity contribution in [1.29, 1.82) is 0 Å². The van der Waals surface area contributed by atoms with Crippen LogP contribution >= 0.6 is 0 Å². The highest BCUT2D eigenvalue weighted by Crippen LogP contribution is 2.33. The lowest BCUT2D eigenvalue weighted by Gasteiger charge is -2.46. The number of nitrogens with zero attached hydrogens (tertiary/aromatic N) is 1. The van der Waals surface area contributed by atoms with Crippen molar-refractivity contribution >= 4 is 16.7 Å². The molecule has 2 aliphatic heterocycles. The summed E-state index contributed by atoms with van der Waals surface area (Å²) in [5.41, 5.74) is 0.590. The van der Waals surface area contributed by atoms with Gasteiger partial charge in [0.25, 0.3) is 0 Å². The number of piperidine rings is 1. The van der Waals surface area contributed by atoms with Crippen LogP contribution in [0.1, 0.15) is 24.4 Å². The van der Waals surface area contributed by atoms with E-state index >= 15 is 0 Å². The van der Waals surface area contributed by atoms with Gasteiger partial charge in [-0.3, -0.25) is 9.69 Å². The number of hydrogen-bond acceptors (Lipinski definition) is 5. The lowest BCUT2D eigenvalue weighted by molar-refractivity contribution is -0.158. The minimum Gasteiger partial charge on any atom is -0.497 e. The maximum absolute atomic E-state index is 12.2. The monoisotopic (exact) mass is 370 g/mol. The highest BCUT2D eigenvalue weighted by molar-refractivity contribution is 5.86. The van der Waals surface area contributed by atoms with Gasteiger partial charge in [-0.15, -0.1) is 0 Å². The molecule has 2 aliphatic rings. The van der Waals surface area contributed by atoms with Gasteiger partial charge >= 0.3 is 5.97 Å². The number of carboxylic acids is 1. The van der Waals surface area contributed by atoms with Gasteiger partial charge in [-0.25, -0.2) is 0 Å². The summed E-state index contributed by atoms with van der Waals surface area (Å²) in [6.07, 6.45) is 1.85. The molecule has 2 aromatic carbocycles. The van der Waals surface area contributed by atoms with E-state index in [0.29, 0.717) is 19.7 Å². The first kappa shape index (κ1) is 18.2. The number of benzene rings is 2. The summed E-state index contributed by atoms with van der Waals surface area (Å²) in [5, 5.41) is 15.4. The Labute approximate surface area is 159 Å². The zero-order chi connectivity index (χ0) is 18.9. The second-order valence-electron chi connectivity index (χ2n) is 7.47. The van der Waals surface area contributed by atoms with Gasteiger partial charge in [0.15, 0.2) is 0 Å². The van der Waals surface area contributed by atoms with Gasteiger partial charge in [0, 0.05) is 13.1 Å². The van der Waals surface area contributed by atoms with Crippen molar-refractivity contribution in [1.82, 2.24) is 10.2 Å². The average Bonchev–Trinajstić information content (AvgIpc) is 2.68. The molecule has 0 saturated carbocycles. The number of nitrogens with one attached hydrogen (secondary N) is 1. The Hall–Kier alpha value is -2.15. The molecule has 2 aromatic rings. The quantitative estimate of drug-likeness (QED) is 0.861. The largest absolute Gasteiger partial charge is 0.497 e. The number of morpholine rings is 1. The van der Waals surface area contributed by atoms with Crippen LogP contribution in [0.4, 0.5) is 0 Å². The first-order chi connectivity index (χ1) is 13.1. The second-order valence-corrected chi connectivity index (χ2v) is 7.47. The van der Waals surface area contributed by atoms with E-state index in [1.165, 1.54) is 0 Å². The third-order valence-electron chi connectivity index (χ3n) is 5.78. The standard InChI is InChI=1S/C21H26N2O4/c1-26-18-5-4-15-12-17(3-2-16(15)13-18)19(20(24)25)23-10-11-27-21(14-23)6-8-22-9-7-21/h2-5,12-13,19,22H,6-11,14H2,1H3,(H,24,25). The van der Waals surface area contributed by atoms with Crippen molar-refractivity contribution in [3.8, 4) is 5.75 Å². The highest BCUT2D eigenvalue weighted by atomic mass is 16.5. The van der Waals surface area contributed by atoms with Crippen molar-refractivity contribution in [2.24, 2.45) is 0 Å². The fraction of sp³-hybridized carbons (Fsp3) is 0.476. The molecule has 6 nitrogen and oxygen atoms in total. The van der Waals surface area contributed by atoms with Crippen molar-refractivity contribution < 1.29 is 19.4 Å². The highest BCUT2D eigenvalue weighted by Gasteiger charge is 2.41. The Morgan fingerprint density at radius 3 is 2.70 bits per heavy atom. The summed E-state index contributed by atoms with van der Waals surface area (Å²) in [7, 11) is 1.64. The van der Waals surface area contributed by atoms with Gasteiger partial charge in [-0.1, -0.05) is 18.2 Å². The molecule has 1 atom stereocenters. The number of aliphatic carboxylic acids is 1. The van der Waals surface area contributed by atoms with Gasteiger partial charge in [0.05, 0.1) is 19.3 Å². The molecule has 0 aliphatic carbocycles. The number of fused-ring (bicyclic) bond motifs is 1. The molecule has 2 heterocycles. The molecule has 0 bridgehead atoms. The summed E-state index contributed by atoms with van der Waals surface area (Å²) in [5.74, 6) is -0.0140. The van der Waals surface area contributed by atoms with Crippen LogP contribution < -0.4 is 10.1 Å². The third-order valence-corrected chi connectivity index (χ3v) is 5.78. The maximum Gasteiger partial charge on any atom is 0.325 e. The zero-order valence-corrected chi connectivity index (χ0v) is 15.6. The molecule has 2 saturated heterocycles. The van der Waals surface area contributed by atoms with E-state index in [0.717, 1.165) is 48.0 Å². The topological polar surface area (TPSA) is 71.0 Å². The van der Waals surface area contributed by atoms with Crippen LogP contribution in [-0.4, -0.2) is 61.5 Å². The molecule has 2 N–H and O–H groups in total. The van der Waals surface area contributed by atoms with Crippen LogP contribution in [0.15, 0.2) is 36.4 Å². The Morgan fingerprint density at radius 1 is 1.22 bits per heavy atom. The number of hydrogen-bond donors (Lipinski definition) is 2. The van der Waals surface area contributed by atoms with E-state index in [9.17, 15) is 9.90 Å². The van der Waals surface area contributed by atoms with Crippen LogP contribution in [0.5, 0.6) is 5.75 Å². The van der Waals surface area contributed by atoms with Crippen LogP contribution in [0, 0.1) is 0 Å². The van der Waals surface area contributed by atoms with Gasteiger partial charge < -0.3 is 19.9 Å². The molecule has 0 aromatic heterocycles. The number of carbonyl (C=O) groups is 1. The van der Waals surface area contributed by atoms with Crippen molar-refractivity contribution in [3.63, 3.8) is 0 Å². The molecule has 4 rings (SSSR count). The van der Waals surface area contributed by atoms with Crippen molar-refractivity contribution in [3.05, 3.63) is 42.0 Å². The molecule has 6 heteroatoms. The molecular formula is C21H26N2O4. The lowest BCUT2D eigenvalue weighted by Crippen LogP contribution is -2.57. The number of carboxylic acid groups (broad SMARTS) is 1. The zero-order valence-electron chi connectivity index (χ0n) is 15.6. The van der Waals surface area contributed by atoms with Gasteiger partial charge in [0.1, 0.15) is 11.8 Å². The molecule has 1 unspecified atom stereocenters. The minimum absolute atomic E-state index is 0.221. The summed E-state index contributed by atoms with van der Waals surface area (Å²) in [6, 6.07) is 11.1. The molecular weight excluding hydrogens is 344 g/mol. The summed E-state index contributed by atoms with van der Waals surface area (Å²) in [6.45, 7) is 3.71. The number of rotatable bonds is 4. The number of methoxy groups -OCH3 is 1. The summed E-state index contributed by atoms with van der Waals surface area (Å²) in [4.78, 5) is 14.3. The normalized spacial score (nSPS) is 21.2. The van der Waals surface area contributed by atoms with Gasteiger partial charge in [-0.2, -0.15) is 0 Å². The minimum atomic E-state index is -0.811. The summed E-state index contributed by atoms with van der Waals surface area (Å²) >= 11 is 0. The van der Waals surface area contributed by atoms with Crippen molar-refractivity contribution in [2.75, 3.05) is 39.9 Å². The Kier molecular flexibility index (Phi) is 5.04. The van der Waals surface area contributed by atoms with Crippen LogP contribution in [-0.2, 0) is 9.53 Å². The molecule has 0 radical (unpaired) electrons. The fourth-order valence-electron chi connectivity index (χ4n) is 4.33. The predicted molar refractivity (Wildman–Crippen MR) is 103 cm³/mol. The summed E-state index contributed by atoms with van der Waals surface area (Å²) < 4.78 is 11.4. The Balaban J connectivity index is 1.64. The SMILES string of the molecule is COc1ccc2cc(C(C(=O)O)N3CCOC4(CCNCC4)C3)ccc2c1. The third kappa shape index (κ3) is 3.65. The molecule has 144 valence electrons. The lowest BCUT2D eigenvalue weighted by atomic mass is 9.89. The van der Waals surface area contributed by atoms with E-state index < -0.39 is 12.0 Å². The number of ether oxygens (including phenoxy) is 2. The molecule has 0 amide bonds. The second kappa shape index (κ2) is 7.46. The fourth-order valence-corrected chi connectivity index (χ4v) is 4.33. The first-order valence-corrected chi connectivity index (χ1v) is 9.49. The maximum atomic E-state index is 12.2. The predicted octanol–water partition coefficient (Wildman–Crippen LogP) is 2.43. The van der Waals surface area contributed by atoms with Crippen LogP contribution in [0.3, 0.4) is 0 Å². The van der Waals surface area contributed by atoms with E-state index in [-0.39, 0.29) is 5.60 Å². The molecule has 27 heavy (non-hydrogen) atoms. The van der Waals surface area contributed by atoms with Crippen LogP contribution in [0.2, 0.25) is 0 Å². The Bertz CT molecular complexity index is 827. The Morgan fingerprint density at radius 2 is 1.96 bits per heavy atom. The smallest absolute Gasteiger partial charge is 0.325 e. The van der Waals surface area contributed by atoms with Gasteiger partial charge in [-0.05, 0) is 60.5 Å². The van der Waals surface area contributed by atoms with Crippen molar-refractivity contribution in [2.45, 2.75) is 24.5 Å². The first-order valence-electron chi connectivity index (χ1n) is 9.49. The molecule has 1 spiro atoms. The van der Waals surface area contributed by atoms with E-state index in [1.807, 2.05) is 36.4 Å².